The van der Waals surface area contributed by atoms with E-state index in [4.69, 9.17) is 33.7 Å². The summed E-state index contributed by atoms with van der Waals surface area (Å²) in [6.07, 6.45) is 0. The molecular weight excluding hydrogens is 582 g/mol. The fourth-order valence-corrected chi connectivity index (χ4v) is 5.55. The molecule has 1 aliphatic heterocycles. The summed E-state index contributed by atoms with van der Waals surface area (Å²) >= 11 is 12.4. The molecule has 3 aromatic carbocycles. The second kappa shape index (κ2) is 13.3. The zero-order valence-corrected chi connectivity index (χ0v) is 25.2. The second-order valence-corrected chi connectivity index (χ2v) is 11.5. The van der Waals surface area contributed by atoms with Crippen LogP contribution in [0.1, 0.15) is 29.8 Å². The number of benzene rings is 3. The first-order valence-electron chi connectivity index (χ1n) is 13.5. The molecule has 3 amide bonds. The molecule has 3 atom stereocenters. The van der Waals surface area contributed by atoms with Crippen molar-refractivity contribution in [3.05, 3.63) is 93.7 Å². The van der Waals surface area contributed by atoms with E-state index in [9.17, 15) is 18.8 Å². The van der Waals surface area contributed by atoms with Crippen molar-refractivity contribution in [3.8, 4) is 5.75 Å². The van der Waals surface area contributed by atoms with Gasteiger partial charge in [-0.05, 0) is 61.9 Å². The standard InChI is InChI=1S/C31H34Cl2FN4O4/c1-20-17-37(21(2)16-36(20)18-22-7-10-26(34)11-8-22)29(39)19-42-28-12-9-25(33)14-27(28)38(3,30(40)15-35)31(41)23-5-4-6-24(32)13-23/h4-14,20-21H,15-19,35H2,1-3H3/q+1/t20-,21+,38?/m0/s1. The Labute approximate surface area is 254 Å². The van der Waals surface area contributed by atoms with Crippen LogP contribution in [0, 0.1) is 5.82 Å². The molecule has 42 heavy (non-hydrogen) atoms. The highest BCUT2D eigenvalue weighted by Crippen LogP contribution is 2.37. The first-order valence-corrected chi connectivity index (χ1v) is 14.3. The topological polar surface area (TPSA) is 92.9 Å². The number of hydrogen-bond donors (Lipinski definition) is 1. The van der Waals surface area contributed by atoms with Crippen molar-refractivity contribution in [3.63, 3.8) is 0 Å². The van der Waals surface area contributed by atoms with Gasteiger partial charge in [0.15, 0.2) is 18.0 Å². The Balaban J connectivity index is 1.53. The Morgan fingerprint density at radius 1 is 0.976 bits per heavy atom. The van der Waals surface area contributed by atoms with E-state index in [2.05, 4.69) is 4.90 Å². The highest BCUT2D eigenvalue weighted by Gasteiger charge is 2.45. The third-order valence-corrected chi connectivity index (χ3v) is 8.11. The van der Waals surface area contributed by atoms with E-state index in [1.165, 1.54) is 37.4 Å². The van der Waals surface area contributed by atoms with Gasteiger partial charge in [0.1, 0.15) is 12.4 Å². The summed E-state index contributed by atoms with van der Waals surface area (Å²) in [4.78, 5) is 44.4. The highest BCUT2D eigenvalue weighted by atomic mass is 35.5. The fraction of sp³-hybridized carbons (Fsp3) is 0.323. The fourth-order valence-electron chi connectivity index (χ4n) is 5.19. The summed E-state index contributed by atoms with van der Waals surface area (Å²) in [6.45, 7) is 5.01. The monoisotopic (exact) mass is 615 g/mol. The largest absolute Gasteiger partial charge is 0.477 e. The van der Waals surface area contributed by atoms with Crippen molar-refractivity contribution in [2.75, 3.05) is 33.3 Å². The summed E-state index contributed by atoms with van der Waals surface area (Å²) < 4.78 is 18.4. The molecule has 4 rings (SSSR count). The van der Waals surface area contributed by atoms with Crippen LogP contribution < -0.4 is 15.0 Å². The van der Waals surface area contributed by atoms with Gasteiger partial charge < -0.3 is 15.4 Å². The van der Waals surface area contributed by atoms with E-state index >= 15 is 0 Å². The number of nitrogens with two attached hydrogens (primary N) is 1. The summed E-state index contributed by atoms with van der Waals surface area (Å²) in [5.41, 5.74) is 7.10. The minimum absolute atomic E-state index is 0.0544. The van der Waals surface area contributed by atoms with Gasteiger partial charge in [0, 0.05) is 47.8 Å². The van der Waals surface area contributed by atoms with Gasteiger partial charge in [-0.2, -0.15) is 4.48 Å². The van der Waals surface area contributed by atoms with Crippen molar-refractivity contribution in [1.29, 1.82) is 0 Å². The Kier molecular flexibility index (Phi) is 10.0. The maximum atomic E-state index is 13.8. The Morgan fingerprint density at radius 2 is 1.67 bits per heavy atom. The zero-order chi connectivity index (χ0) is 30.6. The lowest BCUT2D eigenvalue weighted by Gasteiger charge is -2.44. The molecule has 3 aromatic rings. The van der Waals surface area contributed by atoms with Crippen molar-refractivity contribution >= 4 is 46.6 Å². The summed E-state index contributed by atoms with van der Waals surface area (Å²) in [5, 5.41) is 0.610. The molecule has 1 aliphatic rings. The molecule has 1 fully saturated rings. The maximum Gasteiger partial charge on any atom is 0.358 e. The number of hydrogen-bond acceptors (Lipinski definition) is 6. The number of imide groups is 1. The van der Waals surface area contributed by atoms with Crippen LogP contribution in [0.25, 0.3) is 0 Å². The zero-order valence-electron chi connectivity index (χ0n) is 23.7. The number of nitrogens with zero attached hydrogens (tertiary/aromatic N) is 3. The van der Waals surface area contributed by atoms with Crippen LogP contribution in [-0.4, -0.2) is 72.9 Å². The first-order chi connectivity index (χ1) is 19.9. The molecule has 0 spiro atoms. The number of rotatable bonds is 8. The van der Waals surface area contributed by atoms with Crippen LogP contribution in [0.4, 0.5) is 10.1 Å². The molecule has 2 N–H and O–H groups in total. The van der Waals surface area contributed by atoms with Crippen LogP contribution in [-0.2, 0) is 16.1 Å². The number of carbonyl (C=O) groups is 3. The minimum atomic E-state index is -0.865. The molecular formula is C31H34Cl2FN4O4+. The normalized spacial score (nSPS) is 18.8. The number of piperazine rings is 1. The second-order valence-electron chi connectivity index (χ2n) is 10.6. The lowest BCUT2D eigenvalue weighted by atomic mass is 10.1. The van der Waals surface area contributed by atoms with Gasteiger partial charge in [0.05, 0.1) is 12.6 Å². The van der Waals surface area contributed by atoms with Crippen LogP contribution in [0.2, 0.25) is 10.0 Å². The molecule has 1 saturated heterocycles. The van der Waals surface area contributed by atoms with Crippen molar-refractivity contribution < 1.29 is 23.5 Å². The summed E-state index contributed by atoms with van der Waals surface area (Å²) in [7, 11) is 1.42. The molecule has 0 aliphatic carbocycles. The quantitative estimate of drug-likeness (QED) is 0.363. The average Bonchev–Trinajstić information content (AvgIpc) is 2.97. The van der Waals surface area contributed by atoms with Gasteiger partial charge in [-0.3, -0.25) is 9.69 Å². The van der Waals surface area contributed by atoms with E-state index in [1.807, 2.05) is 13.8 Å². The SMILES string of the molecule is C[C@@H]1CN(Cc2ccc(F)cc2)[C@@H](C)CN1C(=O)COc1ccc(Cl)cc1[N+](C)(C(=O)CN)C(=O)c1cccc(Cl)c1. The predicted octanol–water partition coefficient (Wildman–Crippen LogP) is 4.90. The number of amides is 3. The molecule has 0 aromatic heterocycles. The van der Waals surface area contributed by atoms with Gasteiger partial charge in [-0.25, -0.2) is 14.0 Å². The number of halogens is 3. The maximum absolute atomic E-state index is 13.8. The highest BCUT2D eigenvalue weighted by molar-refractivity contribution is 6.32. The van der Waals surface area contributed by atoms with Crippen molar-refractivity contribution in [1.82, 2.24) is 14.3 Å². The predicted molar refractivity (Wildman–Crippen MR) is 162 cm³/mol. The van der Waals surface area contributed by atoms with Gasteiger partial charge >= 0.3 is 11.8 Å². The Morgan fingerprint density at radius 3 is 2.33 bits per heavy atom. The smallest absolute Gasteiger partial charge is 0.358 e. The average molecular weight is 617 g/mol. The number of quaternary nitrogens is 1. The van der Waals surface area contributed by atoms with Gasteiger partial charge in [-0.15, -0.1) is 0 Å². The molecule has 0 bridgehead atoms. The van der Waals surface area contributed by atoms with E-state index in [-0.39, 0.29) is 52.4 Å². The third kappa shape index (κ3) is 6.82. The van der Waals surface area contributed by atoms with Gasteiger partial charge in [0.2, 0.25) is 0 Å². The molecule has 0 radical (unpaired) electrons. The molecule has 1 heterocycles. The van der Waals surface area contributed by atoms with Crippen LogP contribution in [0.15, 0.2) is 66.7 Å². The van der Waals surface area contributed by atoms with Gasteiger partial charge in [0.25, 0.3) is 5.91 Å². The van der Waals surface area contributed by atoms with Crippen LogP contribution in [0.3, 0.4) is 0 Å². The molecule has 11 heteroatoms. The van der Waals surface area contributed by atoms with Crippen molar-refractivity contribution in [2.24, 2.45) is 5.73 Å². The molecule has 1 unspecified atom stereocenters. The lowest BCUT2D eigenvalue weighted by Crippen LogP contribution is -2.58. The Hall–Kier alpha value is -3.34. The number of carbonyl (C=O) groups excluding carboxylic acids is 3. The summed E-state index contributed by atoms with van der Waals surface area (Å²) in [6, 6.07) is 17.2. The van der Waals surface area contributed by atoms with Gasteiger partial charge in [-0.1, -0.05) is 41.4 Å². The third-order valence-electron chi connectivity index (χ3n) is 7.64. The number of ether oxygens (including phenoxy) is 1. The summed E-state index contributed by atoms with van der Waals surface area (Å²) in [5.74, 6) is -1.54. The van der Waals surface area contributed by atoms with Crippen molar-refractivity contribution in [2.45, 2.75) is 32.5 Å². The number of likely N-dealkylation sites (N-methyl/N-ethyl adjacent to an activating group) is 1. The Bertz CT molecular complexity index is 1470. The van der Waals surface area contributed by atoms with Crippen LogP contribution in [0.5, 0.6) is 5.75 Å². The van der Waals surface area contributed by atoms with E-state index in [0.29, 0.717) is 24.7 Å². The molecule has 8 nitrogen and oxygen atoms in total. The van der Waals surface area contributed by atoms with E-state index in [0.717, 1.165) is 5.56 Å². The lowest BCUT2D eigenvalue weighted by molar-refractivity contribution is -0.139. The molecule has 0 saturated carbocycles. The van der Waals surface area contributed by atoms with E-state index < -0.39 is 22.8 Å². The minimum Gasteiger partial charge on any atom is -0.477 e. The first kappa shape index (κ1) is 31.6. The van der Waals surface area contributed by atoms with E-state index in [1.54, 1.807) is 41.3 Å². The molecule has 222 valence electrons. The van der Waals surface area contributed by atoms with Crippen LogP contribution >= 0.6 is 23.2 Å².